The number of carbonyl (C=O) groups excluding carboxylic acids is 1. The first kappa shape index (κ1) is 22.1. The third-order valence-corrected chi connectivity index (χ3v) is 6.60. The van der Waals surface area contributed by atoms with Crippen molar-refractivity contribution in [2.45, 2.75) is 6.92 Å². The average molecular weight is 513 g/mol. The van der Waals surface area contributed by atoms with E-state index in [9.17, 15) is 4.79 Å². The Balaban J connectivity index is 2.00. The Morgan fingerprint density at radius 2 is 1.72 bits per heavy atom. The van der Waals surface area contributed by atoms with Gasteiger partial charge in [-0.05, 0) is 48.4 Å². The summed E-state index contributed by atoms with van der Waals surface area (Å²) >= 11 is 4.70. The zero-order valence-electron chi connectivity index (χ0n) is 17.8. The molecule has 2 heterocycles. The van der Waals surface area contributed by atoms with Gasteiger partial charge in [0.1, 0.15) is 9.71 Å². The minimum Gasteiger partial charge on any atom is -0.493 e. The van der Waals surface area contributed by atoms with Crippen LogP contribution in [0.4, 0.5) is 5.69 Å². The number of anilines is 1. The maximum atomic E-state index is 12.5. The predicted octanol–water partition coefficient (Wildman–Crippen LogP) is 6.17. The molecule has 2 aromatic heterocycles. The van der Waals surface area contributed by atoms with E-state index in [2.05, 4.69) is 15.9 Å². The van der Waals surface area contributed by atoms with E-state index in [1.807, 2.05) is 48.5 Å². The second-order valence-corrected chi connectivity index (χ2v) is 8.79. The van der Waals surface area contributed by atoms with Crippen molar-refractivity contribution in [3.8, 4) is 33.9 Å². The Labute approximate surface area is 198 Å². The Morgan fingerprint density at radius 1 is 1.03 bits per heavy atom. The van der Waals surface area contributed by atoms with Crippen LogP contribution in [0.1, 0.15) is 16.6 Å². The molecule has 4 aromatic rings. The molecule has 0 radical (unpaired) electrons. The van der Waals surface area contributed by atoms with E-state index in [1.54, 1.807) is 21.1 Å². The molecule has 0 aliphatic carbocycles. The largest absolute Gasteiger partial charge is 0.493 e. The van der Waals surface area contributed by atoms with Crippen molar-refractivity contribution >= 4 is 49.1 Å². The summed E-state index contributed by atoms with van der Waals surface area (Å²) in [5.41, 5.74) is 10.2. The molecule has 164 valence electrons. The van der Waals surface area contributed by atoms with Gasteiger partial charge in [0, 0.05) is 15.4 Å². The van der Waals surface area contributed by atoms with Gasteiger partial charge >= 0.3 is 5.97 Å². The van der Waals surface area contributed by atoms with E-state index in [0.717, 1.165) is 26.9 Å². The molecule has 0 bridgehead atoms. The molecule has 6 nitrogen and oxygen atoms in total. The van der Waals surface area contributed by atoms with E-state index in [0.29, 0.717) is 32.3 Å². The number of esters is 1. The second-order valence-electron chi connectivity index (χ2n) is 6.88. The van der Waals surface area contributed by atoms with Crippen LogP contribution in [0.25, 0.3) is 32.6 Å². The number of ether oxygens (including phenoxy) is 3. The van der Waals surface area contributed by atoms with Gasteiger partial charge in [0.2, 0.25) is 0 Å². The van der Waals surface area contributed by atoms with Crippen LogP contribution in [0.15, 0.2) is 53.0 Å². The Hall–Kier alpha value is -3.10. The molecule has 0 aliphatic heterocycles. The van der Waals surface area contributed by atoms with E-state index >= 15 is 0 Å². The third kappa shape index (κ3) is 4.03. The van der Waals surface area contributed by atoms with E-state index in [1.165, 1.54) is 11.3 Å². The highest BCUT2D eigenvalue weighted by molar-refractivity contribution is 9.10. The van der Waals surface area contributed by atoms with Crippen LogP contribution in [0.3, 0.4) is 0 Å². The van der Waals surface area contributed by atoms with Crippen LogP contribution in [-0.4, -0.2) is 31.8 Å². The summed E-state index contributed by atoms with van der Waals surface area (Å²) < 4.78 is 17.1. The zero-order valence-corrected chi connectivity index (χ0v) is 20.2. The van der Waals surface area contributed by atoms with Gasteiger partial charge < -0.3 is 19.9 Å². The molecule has 0 atom stereocenters. The van der Waals surface area contributed by atoms with E-state index in [-0.39, 0.29) is 6.61 Å². The number of methoxy groups -OCH3 is 2. The fourth-order valence-corrected chi connectivity index (χ4v) is 4.75. The quantitative estimate of drug-likeness (QED) is 0.311. The Bertz CT molecular complexity index is 1300. The number of aromatic nitrogens is 1. The van der Waals surface area contributed by atoms with Crippen molar-refractivity contribution in [3.05, 3.63) is 57.9 Å². The van der Waals surface area contributed by atoms with E-state index in [4.69, 9.17) is 24.9 Å². The SMILES string of the molecule is CCOC(=O)c1sc2nc(-c3ccc(Br)cc3)cc(-c3ccc(OC)c(OC)c3)c2c1N. The van der Waals surface area contributed by atoms with Crippen LogP contribution in [0, 0.1) is 0 Å². The Morgan fingerprint density at radius 3 is 2.38 bits per heavy atom. The zero-order chi connectivity index (χ0) is 22.8. The lowest BCUT2D eigenvalue weighted by atomic mass is 9.99. The van der Waals surface area contributed by atoms with Gasteiger partial charge in [-0.1, -0.05) is 34.1 Å². The number of pyridine rings is 1. The highest BCUT2D eigenvalue weighted by Crippen LogP contribution is 2.43. The molecule has 2 aromatic carbocycles. The number of halogens is 1. The summed E-state index contributed by atoms with van der Waals surface area (Å²) in [5, 5.41) is 0.714. The van der Waals surface area contributed by atoms with Gasteiger partial charge in [-0.2, -0.15) is 0 Å². The second kappa shape index (κ2) is 9.18. The first-order chi connectivity index (χ1) is 15.5. The summed E-state index contributed by atoms with van der Waals surface area (Å²) in [6, 6.07) is 15.5. The summed E-state index contributed by atoms with van der Waals surface area (Å²) in [4.78, 5) is 18.3. The molecule has 0 amide bonds. The molecular weight excluding hydrogens is 492 g/mol. The van der Waals surface area contributed by atoms with Gasteiger partial charge in [-0.15, -0.1) is 11.3 Å². The number of carbonyl (C=O) groups is 1. The molecule has 0 saturated carbocycles. The van der Waals surface area contributed by atoms with E-state index < -0.39 is 5.97 Å². The molecule has 0 unspecified atom stereocenters. The van der Waals surface area contributed by atoms with Crippen molar-refractivity contribution in [3.63, 3.8) is 0 Å². The minimum absolute atomic E-state index is 0.270. The maximum Gasteiger partial charge on any atom is 0.350 e. The maximum absolute atomic E-state index is 12.5. The van der Waals surface area contributed by atoms with Gasteiger partial charge in [0.25, 0.3) is 0 Å². The molecule has 32 heavy (non-hydrogen) atoms. The van der Waals surface area contributed by atoms with Gasteiger partial charge in [0.15, 0.2) is 11.5 Å². The third-order valence-electron chi connectivity index (χ3n) is 4.99. The van der Waals surface area contributed by atoms with Crippen molar-refractivity contribution in [1.29, 1.82) is 0 Å². The standard InChI is InChI=1S/C24H21BrN2O4S/c1-4-31-24(28)22-21(26)20-16(14-7-10-18(29-2)19(11-14)30-3)12-17(27-23(20)32-22)13-5-8-15(25)9-6-13/h5-12H,4,26H2,1-3H3. The van der Waals surface area contributed by atoms with Crippen molar-refractivity contribution in [2.75, 3.05) is 26.6 Å². The van der Waals surface area contributed by atoms with Crippen molar-refractivity contribution in [2.24, 2.45) is 0 Å². The first-order valence-electron chi connectivity index (χ1n) is 9.85. The lowest BCUT2D eigenvalue weighted by Crippen LogP contribution is -2.04. The summed E-state index contributed by atoms with van der Waals surface area (Å²) in [6.07, 6.45) is 0. The van der Waals surface area contributed by atoms with Gasteiger partial charge in [-0.3, -0.25) is 0 Å². The van der Waals surface area contributed by atoms with Crippen molar-refractivity contribution in [1.82, 2.24) is 4.98 Å². The highest BCUT2D eigenvalue weighted by atomic mass is 79.9. The predicted molar refractivity (Wildman–Crippen MR) is 132 cm³/mol. The number of benzene rings is 2. The smallest absolute Gasteiger partial charge is 0.350 e. The van der Waals surface area contributed by atoms with Gasteiger partial charge in [-0.25, -0.2) is 9.78 Å². The molecule has 8 heteroatoms. The van der Waals surface area contributed by atoms with Gasteiger partial charge in [0.05, 0.1) is 32.2 Å². The highest BCUT2D eigenvalue weighted by Gasteiger charge is 2.23. The number of nitrogen functional groups attached to an aromatic ring is 1. The number of hydrogen-bond acceptors (Lipinski definition) is 7. The lowest BCUT2D eigenvalue weighted by molar-refractivity contribution is 0.0533. The number of nitrogens with zero attached hydrogens (tertiary/aromatic N) is 1. The average Bonchev–Trinajstić information content (AvgIpc) is 3.15. The number of fused-ring (bicyclic) bond motifs is 1. The molecule has 0 fully saturated rings. The van der Waals surface area contributed by atoms with Crippen LogP contribution >= 0.6 is 27.3 Å². The molecule has 0 spiro atoms. The fourth-order valence-electron chi connectivity index (χ4n) is 3.47. The lowest BCUT2D eigenvalue weighted by Gasteiger charge is -2.12. The summed E-state index contributed by atoms with van der Waals surface area (Å²) in [5.74, 6) is 0.774. The normalized spacial score (nSPS) is 10.9. The number of hydrogen-bond donors (Lipinski definition) is 1. The Kier molecular flexibility index (Phi) is 6.34. The molecule has 2 N–H and O–H groups in total. The van der Waals surface area contributed by atoms with Crippen LogP contribution < -0.4 is 15.2 Å². The van der Waals surface area contributed by atoms with Crippen LogP contribution in [0.2, 0.25) is 0 Å². The number of thiophene rings is 1. The van der Waals surface area contributed by atoms with Crippen LogP contribution in [0.5, 0.6) is 11.5 Å². The number of rotatable bonds is 6. The monoisotopic (exact) mass is 512 g/mol. The molecular formula is C24H21BrN2O4S. The number of nitrogens with two attached hydrogens (primary N) is 1. The minimum atomic E-state index is -0.448. The molecule has 0 aliphatic rings. The van der Waals surface area contributed by atoms with Crippen LogP contribution in [-0.2, 0) is 4.74 Å². The fraction of sp³-hybridized carbons (Fsp3) is 0.167. The molecule has 4 rings (SSSR count). The summed E-state index contributed by atoms with van der Waals surface area (Å²) in [7, 11) is 3.19. The topological polar surface area (TPSA) is 83.7 Å². The van der Waals surface area contributed by atoms with Crippen molar-refractivity contribution < 1.29 is 19.0 Å². The molecule has 0 saturated heterocycles. The summed E-state index contributed by atoms with van der Waals surface area (Å²) in [6.45, 7) is 2.03. The first-order valence-corrected chi connectivity index (χ1v) is 11.5.